The van der Waals surface area contributed by atoms with Crippen LogP contribution in [0.5, 0.6) is 0 Å². The zero-order valence-electron chi connectivity index (χ0n) is 13.7. The van der Waals surface area contributed by atoms with Crippen LogP contribution in [0.3, 0.4) is 0 Å². The number of rotatable bonds is 8. The highest BCUT2D eigenvalue weighted by Crippen LogP contribution is 2.21. The molecule has 0 aliphatic rings. The van der Waals surface area contributed by atoms with E-state index in [4.69, 9.17) is 9.72 Å². The van der Waals surface area contributed by atoms with E-state index in [0.717, 1.165) is 24.6 Å². The van der Waals surface area contributed by atoms with Gasteiger partial charge in [0.25, 0.3) is 0 Å². The van der Waals surface area contributed by atoms with E-state index in [1.54, 1.807) is 7.11 Å². The summed E-state index contributed by atoms with van der Waals surface area (Å²) in [5.74, 6) is 1.48. The highest BCUT2D eigenvalue weighted by molar-refractivity contribution is 5.44. The second-order valence-corrected chi connectivity index (χ2v) is 5.72. The van der Waals surface area contributed by atoms with Gasteiger partial charge in [-0.2, -0.15) is 0 Å². The van der Waals surface area contributed by atoms with Crippen LogP contribution in [-0.4, -0.2) is 38.3 Å². The van der Waals surface area contributed by atoms with E-state index >= 15 is 0 Å². The van der Waals surface area contributed by atoms with E-state index in [2.05, 4.69) is 50.0 Å². The number of nitrogens with one attached hydrogen (secondary N) is 1. The SMILES string of the molecule is CNCc1cc(C(C)C)nc(N(CCOC)C(C)C)c1. The first-order valence-electron chi connectivity index (χ1n) is 7.40. The Balaban J connectivity index is 3.11. The van der Waals surface area contributed by atoms with Crippen LogP contribution in [0.15, 0.2) is 12.1 Å². The van der Waals surface area contributed by atoms with Crippen LogP contribution in [0.2, 0.25) is 0 Å². The summed E-state index contributed by atoms with van der Waals surface area (Å²) in [6, 6.07) is 4.78. The Morgan fingerprint density at radius 3 is 2.45 bits per heavy atom. The molecule has 0 saturated carbocycles. The molecule has 1 heterocycles. The average Bonchev–Trinajstić information content (AvgIpc) is 2.39. The third kappa shape index (κ3) is 4.76. The Bertz CT molecular complexity index is 405. The smallest absolute Gasteiger partial charge is 0.129 e. The molecular formula is C16H29N3O. The van der Waals surface area contributed by atoms with Gasteiger partial charge >= 0.3 is 0 Å². The summed E-state index contributed by atoms with van der Waals surface area (Å²) in [5.41, 5.74) is 2.43. The topological polar surface area (TPSA) is 37.4 Å². The molecule has 4 heteroatoms. The Hall–Kier alpha value is -1.13. The van der Waals surface area contributed by atoms with Gasteiger partial charge in [-0.05, 0) is 44.5 Å². The Morgan fingerprint density at radius 2 is 1.95 bits per heavy atom. The summed E-state index contributed by atoms with van der Waals surface area (Å²) in [7, 11) is 3.71. The second-order valence-electron chi connectivity index (χ2n) is 5.72. The van der Waals surface area contributed by atoms with Crippen molar-refractivity contribution in [1.82, 2.24) is 10.3 Å². The lowest BCUT2D eigenvalue weighted by molar-refractivity contribution is 0.203. The maximum Gasteiger partial charge on any atom is 0.129 e. The molecule has 4 nitrogen and oxygen atoms in total. The zero-order valence-corrected chi connectivity index (χ0v) is 13.7. The molecule has 1 N–H and O–H groups in total. The average molecular weight is 279 g/mol. The summed E-state index contributed by atoms with van der Waals surface area (Å²) in [5, 5.41) is 3.22. The van der Waals surface area contributed by atoms with E-state index < -0.39 is 0 Å². The molecule has 0 spiro atoms. The first kappa shape index (κ1) is 16.9. The van der Waals surface area contributed by atoms with Crippen molar-refractivity contribution in [3.05, 3.63) is 23.4 Å². The Morgan fingerprint density at radius 1 is 1.25 bits per heavy atom. The number of ether oxygens (including phenoxy) is 1. The number of aromatic nitrogens is 1. The monoisotopic (exact) mass is 279 g/mol. The quantitative estimate of drug-likeness (QED) is 0.794. The molecule has 0 radical (unpaired) electrons. The maximum atomic E-state index is 5.22. The molecule has 1 rings (SSSR count). The first-order valence-corrected chi connectivity index (χ1v) is 7.40. The van der Waals surface area contributed by atoms with Crippen LogP contribution in [0, 0.1) is 0 Å². The molecular weight excluding hydrogens is 250 g/mol. The molecule has 0 fully saturated rings. The van der Waals surface area contributed by atoms with Crippen LogP contribution >= 0.6 is 0 Å². The highest BCUT2D eigenvalue weighted by atomic mass is 16.5. The van der Waals surface area contributed by atoms with Gasteiger partial charge in [-0.15, -0.1) is 0 Å². The standard InChI is InChI=1S/C16H29N3O/c1-12(2)15-9-14(11-17-5)10-16(18-15)19(13(3)4)7-8-20-6/h9-10,12-13,17H,7-8,11H2,1-6H3. The maximum absolute atomic E-state index is 5.22. The van der Waals surface area contributed by atoms with Crippen molar-refractivity contribution in [1.29, 1.82) is 0 Å². The molecule has 1 aromatic heterocycles. The van der Waals surface area contributed by atoms with Crippen molar-refractivity contribution in [2.24, 2.45) is 0 Å². The van der Waals surface area contributed by atoms with E-state index in [9.17, 15) is 0 Å². The molecule has 0 saturated heterocycles. The van der Waals surface area contributed by atoms with Gasteiger partial charge < -0.3 is 15.0 Å². The van der Waals surface area contributed by atoms with Crippen molar-refractivity contribution < 1.29 is 4.74 Å². The summed E-state index contributed by atoms with van der Waals surface area (Å²) in [6.07, 6.45) is 0. The van der Waals surface area contributed by atoms with Gasteiger partial charge in [0.1, 0.15) is 5.82 Å². The number of anilines is 1. The number of hydrogen-bond acceptors (Lipinski definition) is 4. The van der Waals surface area contributed by atoms with Crippen LogP contribution in [0.4, 0.5) is 5.82 Å². The van der Waals surface area contributed by atoms with E-state index in [1.807, 2.05) is 7.05 Å². The molecule has 0 aliphatic carbocycles. The highest BCUT2D eigenvalue weighted by Gasteiger charge is 2.14. The fraction of sp³-hybridized carbons (Fsp3) is 0.688. The Labute approximate surface area is 123 Å². The second kappa shape index (κ2) is 8.22. The van der Waals surface area contributed by atoms with Crippen molar-refractivity contribution in [3.8, 4) is 0 Å². The van der Waals surface area contributed by atoms with Gasteiger partial charge in [0, 0.05) is 31.9 Å². The van der Waals surface area contributed by atoms with Crippen LogP contribution in [0.25, 0.3) is 0 Å². The van der Waals surface area contributed by atoms with Crippen LogP contribution < -0.4 is 10.2 Å². The first-order chi connectivity index (χ1) is 9.49. The molecule has 0 bridgehead atoms. The number of methoxy groups -OCH3 is 1. The van der Waals surface area contributed by atoms with E-state index in [1.165, 1.54) is 5.56 Å². The fourth-order valence-corrected chi connectivity index (χ4v) is 2.17. The third-order valence-electron chi connectivity index (χ3n) is 3.32. The molecule has 20 heavy (non-hydrogen) atoms. The van der Waals surface area contributed by atoms with Crippen molar-refractivity contribution in [2.45, 2.75) is 46.2 Å². The normalized spacial score (nSPS) is 11.4. The van der Waals surface area contributed by atoms with E-state index in [0.29, 0.717) is 18.6 Å². The van der Waals surface area contributed by atoms with Crippen molar-refractivity contribution in [2.75, 3.05) is 32.2 Å². The van der Waals surface area contributed by atoms with Gasteiger partial charge in [0.2, 0.25) is 0 Å². The zero-order chi connectivity index (χ0) is 15.1. The largest absolute Gasteiger partial charge is 0.383 e. The lowest BCUT2D eigenvalue weighted by Gasteiger charge is -2.29. The molecule has 0 unspecified atom stereocenters. The lowest BCUT2D eigenvalue weighted by Crippen LogP contribution is -2.34. The number of pyridine rings is 1. The Kier molecular flexibility index (Phi) is 6.96. The molecule has 0 amide bonds. The summed E-state index contributed by atoms with van der Waals surface area (Å²) >= 11 is 0. The minimum atomic E-state index is 0.405. The minimum Gasteiger partial charge on any atom is -0.383 e. The van der Waals surface area contributed by atoms with Crippen LogP contribution in [-0.2, 0) is 11.3 Å². The van der Waals surface area contributed by atoms with E-state index in [-0.39, 0.29) is 0 Å². The van der Waals surface area contributed by atoms with Crippen molar-refractivity contribution >= 4 is 5.82 Å². The van der Waals surface area contributed by atoms with Gasteiger partial charge in [0.05, 0.1) is 6.61 Å². The summed E-state index contributed by atoms with van der Waals surface area (Å²) in [4.78, 5) is 7.13. The van der Waals surface area contributed by atoms with Gasteiger partial charge in [-0.25, -0.2) is 4.98 Å². The van der Waals surface area contributed by atoms with Gasteiger partial charge in [-0.3, -0.25) is 0 Å². The fourth-order valence-electron chi connectivity index (χ4n) is 2.17. The number of nitrogens with zero attached hydrogens (tertiary/aromatic N) is 2. The van der Waals surface area contributed by atoms with Gasteiger partial charge in [-0.1, -0.05) is 13.8 Å². The van der Waals surface area contributed by atoms with Crippen molar-refractivity contribution in [3.63, 3.8) is 0 Å². The molecule has 114 valence electrons. The third-order valence-corrected chi connectivity index (χ3v) is 3.32. The predicted octanol–water partition coefficient (Wildman–Crippen LogP) is 2.79. The molecule has 0 aliphatic heterocycles. The molecule has 0 aromatic carbocycles. The van der Waals surface area contributed by atoms with Gasteiger partial charge in [0.15, 0.2) is 0 Å². The lowest BCUT2D eigenvalue weighted by atomic mass is 10.1. The minimum absolute atomic E-state index is 0.405. The number of hydrogen-bond donors (Lipinski definition) is 1. The predicted molar refractivity (Wildman–Crippen MR) is 85.4 cm³/mol. The molecule has 0 atom stereocenters. The van der Waals surface area contributed by atoms with Crippen LogP contribution in [0.1, 0.15) is 44.9 Å². The summed E-state index contributed by atoms with van der Waals surface area (Å²) in [6.45, 7) is 11.2. The summed E-state index contributed by atoms with van der Waals surface area (Å²) < 4.78 is 5.22. The molecule has 1 aromatic rings.